The first-order chi connectivity index (χ1) is 9.81. The molecule has 0 radical (unpaired) electrons. The highest BCUT2D eigenvalue weighted by molar-refractivity contribution is 7.08. The lowest BCUT2D eigenvalue weighted by atomic mass is 10.2. The molecule has 0 amide bonds. The van der Waals surface area contributed by atoms with Gasteiger partial charge >= 0.3 is 5.97 Å². The van der Waals surface area contributed by atoms with Gasteiger partial charge in [-0.05, 0) is 40.1 Å². The minimum absolute atomic E-state index is 0.321. The SMILES string of the molecule is O=C1OC(/C=C/c2ccsc2)=NC/1=C\c1ccccc1. The van der Waals surface area contributed by atoms with Crippen molar-refractivity contribution < 1.29 is 9.53 Å². The van der Waals surface area contributed by atoms with Crippen molar-refractivity contribution in [2.75, 3.05) is 0 Å². The summed E-state index contributed by atoms with van der Waals surface area (Å²) in [5, 5.41) is 4.00. The fraction of sp³-hybridized carbons (Fsp3) is 0. The van der Waals surface area contributed by atoms with Crippen molar-refractivity contribution in [1.82, 2.24) is 0 Å². The summed E-state index contributed by atoms with van der Waals surface area (Å²) < 4.78 is 5.10. The second-order valence-electron chi connectivity index (χ2n) is 4.17. The third-order valence-corrected chi connectivity index (χ3v) is 3.40. The molecule has 0 fully saturated rings. The number of carbonyl (C=O) groups is 1. The van der Waals surface area contributed by atoms with E-state index >= 15 is 0 Å². The zero-order chi connectivity index (χ0) is 13.8. The highest BCUT2D eigenvalue weighted by Gasteiger charge is 2.20. The van der Waals surface area contributed by atoms with Gasteiger partial charge in [0.2, 0.25) is 5.90 Å². The third-order valence-electron chi connectivity index (χ3n) is 2.70. The quantitative estimate of drug-likeness (QED) is 0.634. The number of thiophene rings is 1. The number of cyclic esters (lactones) is 1. The molecular formula is C16H11NO2S. The molecule has 2 aromatic rings. The summed E-state index contributed by atoms with van der Waals surface area (Å²) in [7, 11) is 0. The highest BCUT2D eigenvalue weighted by atomic mass is 32.1. The van der Waals surface area contributed by atoms with Crippen molar-refractivity contribution in [3.63, 3.8) is 0 Å². The third kappa shape index (κ3) is 2.92. The van der Waals surface area contributed by atoms with Gasteiger partial charge in [0.05, 0.1) is 0 Å². The van der Waals surface area contributed by atoms with Crippen LogP contribution in [0.5, 0.6) is 0 Å². The van der Waals surface area contributed by atoms with Crippen LogP contribution in [0.15, 0.2) is 63.9 Å². The monoisotopic (exact) mass is 281 g/mol. The van der Waals surface area contributed by atoms with Gasteiger partial charge in [0.1, 0.15) is 0 Å². The van der Waals surface area contributed by atoms with Crippen LogP contribution in [-0.2, 0) is 9.53 Å². The van der Waals surface area contributed by atoms with Crippen LogP contribution in [-0.4, -0.2) is 11.9 Å². The summed E-state index contributed by atoms with van der Waals surface area (Å²) >= 11 is 1.61. The summed E-state index contributed by atoms with van der Waals surface area (Å²) in [6.07, 6.45) is 5.29. The summed E-state index contributed by atoms with van der Waals surface area (Å²) in [6.45, 7) is 0. The van der Waals surface area contributed by atoms with E-state index in [1.165, 1.54) is 0 Å². The van der Waals surface area contributed by atoms with Crippen LogP contribution in [0.25, 0.3) is 12.2 Å². The van der Waals surface area contributed by atoms with Crippen LogP contribution >= 0.6 is 11.3 Å². The van der Waals surface area contributed by atoms with Gasteiger partial charge in [-0.2, -0.15) is 11.3 Å². The van der Waals surface area contributed by atoms with Gasteiger partial charge in [-0.1, -0.05) is 30.3 Å². The minimum Gasteiger partial charge on any atom is -0.403 e. The molecule has 0 atom stereocenters. The number of benzene rings is 1. The van der Waals surface area contributed by atoms with E-state index in [2.05, 4.69) is 4.99 Å². The second kappa shape index (κ2) is 5.67. The first-order valence-corrected chi connectivity index (χ1v) is 7.03. The molecule has 3 rings (SSSR count). The molecule has 0 spiro atoms. The Balaban J connectivity index is 1.80. The number of ether oxygens (including phenoxy) is 1. The number of hydrogen-bond acceptors (Lipinski definition) is 4. The molecule has 1 aromatic carbocycles. The molecule has 98 valence electrons. The van der Waals surface area contributed by atoms with E-state index in [0.29, 0.717) is 11.6 Å². The molecule has 1 aliphatic heterocycles. The van der Waals surface area contributed by atoms with E-state index in [-0.39, 0.29) is 0 Å². The van der Waals surface area contributed by atoms with Gasteiger partial charge in [0.15, 0.2) is 5.70 Å². The maximum absolute atomic E-state index is 11.7. The molecule has 4 heteroatoms. The molecule has 0 N–H and O–H groups in total. The lowest BCUT2D eigenvalue weighted by Gasteiger charge is -1.92. The number of carbonyl (C=O) groups excluding carboxylic acids is 1. The van der Waals surface area contributed by atoms with Crippen molar-refractivity contribution in [1.29, 1.82) is 0 Å². The van der Waals surface area contributed by atoms with Gasteiger partial charge in [-0.25, -0.2) is 9.79 Å². The summed E-state index contributed by atoms with van der Waals surface area (Å²) in [5.74, 6) is -0.0952. The molecule has 0 saturated heterocycles. The van der Waals surface area contributed by atoms with E-state index in [4.69, 9.17) is 4.74 Å². The fourth-order valence-electron chi connectivity index (χ4n) is 1.74. The van der Waals surface area contributed by atoms with Gasteiger partial charge in [-0.3, -0.25) is 0 Å². The van der Waals surface area contributed by atoms with Crippen LogP contribution in [0, 0.1) is 0 Å². The Hall–Kier alpha value is -2.46. The molecule has 0 unspecified atom stereocenters. The van der Waals surface area contributed by atoms with Gasteiger partial charge in [-0.15, -0.1) is 0 Å². The van der Waals surface area contributed by atoms with Crippen molar-refractivity contribution >= 4 is 35.4 Å². The average molecular weight is 281 g/mol. The second-order valence-corrected chi connectivity index (χ2v) is 4.95. The minimum atomic E-state index is -0.418. The van der Waals surface area contributed by atoms with Gasteiger partial charge < -0.3 is 4.74 Å². The van der Waals surface area contributed by atoms with E-state index < -0.39 is 5.97 Å². The number of aliphatic imine (C=N–C) groups is 1. The van der Waals surface area contributed by atoms with E-state index in [9.17, 15) is 4.79 Å². The Labute approximate surface area is 120 Å². The Kier molecular flexibility index (Phi) is 3.56. The Morgan fingerprint density at radius 2 is 1.90 bits per heavy atom. The number of nitrogens with zero attached hydrogens (tertiary/aromatic N) is 1. The number of esters is 1. The zero-order valence-electron chi connectivity index (χ0n) is 10.5. The van der Waals surface area contributed by atoms with Crippen molar-refractivity contribution in [2.24, 2.45) is 4.99 Å². The highest BCUT2D eigenvalue weighted by Crippen LogP contribution is 2.16. The summed E-state index contributed by atoms with van der Waals surface area (Å²) in [4.78, 5) is 15.9. The van der Waals surface area contributed by atoms with E-state index in [1.807, 2.05) is 53.2 Å². The Morgan fingerprint density at radius 1 is 1.05 bits per heavy atom. The largest absolute Gasteiger partial charge is 0.403 e. The van der Waals surface area contributed by atoms with Crippen LogP contribution < -0.4 is 0 Å². The first kappa shape index (κ1) is 12.6. The molecule has 2 heterocycles. The lowest BCUT2D eigenvalue weighted by molar-refractivity contribution is -0.129. The smallest absolute Gasteiger partial charge is 0.363 e. The van der Waals surface area contributed by atoms with Crippen LogP contribution in [0.4, 0.5) is 0 Å². The zero-order valence-corrected chi connectivity index (χ0v) is 11.3. The summed E-state index contributed by atoms with van der Waals surface area (Å²) in [5.41, 5.74) is 2.31. The topological polar surface area (TPSA) is 38.7 Å². The normalized spacial score (nSPS) is 16.7. The molecule has 20 heavy (non-hydrogen) atoms. The van der Waals surface area contributed by atoms with Crippen molar-refractivity contribution in [2.45, 2.75) is 0 Å². The maximum atomic E-state index is 11.7. The van der Waals surface area contributed by atoms with Crippen molar-refractivity contribution in [3.05, 3.63) is 70.1 Å². The van der Waals surface area contributed by atoms with Crippen LogP contribution in [0.2, 0.25) is 0 Å². The van der Waals surface area contributed by atoms with Gasteiger partial charge in [0, 0.05) is 6.08 Å². The fourth-order valence-corrected chi connectivity index (χ4v) is 2.37. The van der Waals surface area contributed by atoms with Crippen LogP contribution in [0.3, 0.4) is 0 Å². The molecule has 3 nitrogen and oxygen atoms in total. The predicted molar refractivity (Wildman–Crippen MR) is 81.3 cm³/mol. The van der Waals surface area contributed by atoms with E-state index in [0.717, 1.165) is 11.1 Å². The Morgan fingerprint density at radius 3 is 2.65 bits per heavy atom. The number of hydrogen-bond donors (Lipinski definition) is 0. The molecule has 1 aliphatic rings. The number of rotatable bonds is 3. The maximum Gasteiger partial charge on any atom is 0.363 e. The average Bonchev–Trinajstić information content (AvgIpc) is 3.08. The Bertz CT molecular complexity index is 697. The molecule has 0 aliphatic carbocycles. The molecular weight excluding hydrogens is 270 g/mol. The molecule has 0 saturated carbocycles. The van der Waals surface area contributed by atoms with E-state index in [1.54, 1.807) is 23.5 Å². The van der Waals surface area contributed by atoms with Crippen molar-refractivity contribution in [3.8, 4) is 0 Å². The first-order valence-electron chi connectivity index (χ1n) is 6.09. The van der Waals surface area contributed by atoms with Crippen LogP contribution in [0.1, 0.15) is 11.1 Å². The summed E-state index contributed by atoms with van der Waals surface area (Å²) in [6, 6.07) is 11.6. The molecule has 1 aromatic heterocycles. The van der Waals surface area contributed by atoms with Gasteiger partial charge in [0.25, 0.3) is 0 Å². The predicted octanol–water partition coefficient (Wildman–Crippen LogP) is 3.76. The standard InChI is InChI=1S/C16H11NO2S/c18-16-14(10-12-4-2-1-3-5-12)17-15(19-16)7-6-13-8-9-20-11-13/h1-11H/b7-6+,14-10-. The lowest BCUT2D eigenvalue weighted by Crippen LogP contribution is -2.01. The molecule has 0 bridgehead atoms.